The van der Waals surface area contributed by atoms with E-state index in [0.29, 0.717) is 5.69 Å². The first-order chi connectivity index (χ1) is 10.0. The topological polar surface area (TPSA) is 67.1 Å². The smallest absolute Gasteiger partial charge is 0.319 e. The lowest BCUT2D eigenvalue weighted by Gasteiger charge is -2.30. The Morgan fingerprint density at radius 2 is 1.90 bits per heavy atom. The molecule has 0 aliphatic heterocycles. The van der Waals surface area contributed by atoms with Crippen molar-refractivity contribution in [3.05, 3.63) is 66.0 Å². The standard InChI is InChI=1S/C16H18FN3O/c1-16(11-18,12-6-3-2-4-7-12)20-15(21)19-14-9-5-8-13(17)10-14/h2-10H,11,18H2,1H3,(H2,19,20,21). The number of urea groups is 1. The summed E-state index contributed by atoms with van der Waals surface area (Å²) in [5.41, 5.74) is 6.40. The Morgan fingerprint density at radius 1 is 1.19 bits per heavy atom. The van der Waals surface area contributed by atoms with Gasteiger partial charge in [-0.15, -0.1) is 0 Å². The van der Waals surface area contributed by atoms with E-state index in [9.17, 15) is 9.18 Å². The molecule has 1 atom stereocenters. The summed E-state index contributed by atoms with van der Waals surface area (Å²) in [5.74, 6) is -0.405. The van der Waals surface area contributed by atoms with Crippen LogP contribution in [-0.4, -0.2) is 12.6 Å². The number of rotatable bonds is 4. The van der Waals surface area contributed by atoms with Gasteiger partial charge in [0.1, 0.15) is 5.82 Å². The lowest BCUT2D eigenvalue weighted by Crippen LogP contribution is -2.50. The maximum absolute atomic E-state index is 13.1. The fourth-order valence-corrected chi connectivity index (χ4v) is 2.03. The van der Waals surface area contributed by atoms with Crippen LogP contribution in [0, 0.1) is 5.82 Å². The number of nitrogens with two attached hydrogens (primary N) is 1. The van der Waals surface area contributed by atoms with Gasteiger partial charge in [0.2, 0.25) is 0 Å². The molecule has 2 rings (SSSR count). The number of benzene rings is 2. The predicted octanol–water partition coefficient (Wildman–Crippen LogP) is 2.82. The second-order valence-corrected chi connectivity index (χ2v) is 4.99. The number of hydrogen-bond donors (Lipinski definition) is 3. The van der Waals surface area contributed by atoms with E-state index >= 15 is 0 Å². The molecule has 0 bridgehead atoms. The summed E-state index contributed by atoms with van der Waals surface area (Å²) in [6.07, 6.45) is 0. The van der Waals surface area contributed by atoms with E-state index in [4.69, 9.17) is 5.73 Å². The SMILES string of the molecule is CC(CN)(NC(=O)Nc1cccc(F)c1)c1ccccc1. The van der Waals surface area contributed by atoms with Gasteiger partial charge in [-0.05, 0) is 30.7 Å². The minimum atomic E-state index is -0.696. The molecule has 0 aromatic heterocycles. The minimum Gasteiger partial charge on any atom is -0.328 e. The van der Waals surface area contributed by atoms with Crippen LogP contribution in [0.2, 0.25) is 0 Å². The molecule has 5 heteroatoms. The third-order valence-electron chi connectivity index (χ3n) is 3.29. The molecule has 4 N–H and O–H groups in total. The van der Waals surface area contributed by atoms with Crippen LogP contribution >= 0.6 is 0 Å². The number of nitrogens with one attached hydrogen (secondary N) is 2. The van der Waals surface area contributed by atoms with Crippen molar-refractivity contribution < 1.29 is 9.18 Å². The molecule has 0 fully saturated rings. The molecular formula is C16H18FN3O. The number of carbonyl (C=O) groups excluding carboxylic acids is 1. The largest absolute Gasteiger partial charge is 0.328 e. The van der Waals surface area contributed by atoms with Gasteiger partial charge in [0.15, 0.2) is 0 Å². The first-order valence-corrected chi connectivity index (χ1v) is 6.64. The summed E-state index contributed by atoms with van der Waals surface area (Å²) in [7, 11) is 0. The Morgan fingerprint density at radius 3 is 2.52 bits per heavy atom. The van der Waals surface area contributed by atoms with Crippen LogP contribution in [-0.2, 0) is 5.54 Å². The monoisotopic (exact) mass is 287 g/mol. The first-order valence-electron chi connectivity index (χ1n) is 6.64. The van der Waals surface area contributed by atoms with Gasteiger partial charge in [-0.1, -0.05) is 36.4 Å². The second-order valence-electron chi connectivity index (χ2n) is 4.99. The molecule has 2 aromatic carbocycles. The number of anilines is 1. The quantitative estimate of drug-likeness (QED) is 0.809. The zero-order valence-electron chi connectivity index (χ0n) is 11.8. The molecular weight excluding hydrogens is 269 g/mol. The Hall–Kier alpha value is -2.40. The summed E-state index contributed by atoms with van der Waals surface area (Å²) in [5, 5.41) is 5.43. The van der Waals surface area contributed by atoms with E-state index in [1.807, 2.05) is 37.3 Å². The maximum atomic E-state index is 13.1. The van der Waals surface area contributed by atoms with Gasteiger partial charge in [0, 0.05) is 12.2 Å². The minimum absolute atomic E-state index is 0.244. The number of carbonyl (C=O) groups is 1. The van der Waals surface area contributed by atoms with Crippen LogP contribution in [0.1, 0.15) is 12.5 Å². The molecule has 0 radical (unpaired) electrons. The van der Waals surface area contributed by atoms with E-state index < -0.39 is 17.4 Å². The van der Waals surface area contributed by atoms with Crippen LogP contribution in [0.5, 0.6) is 0 Å². The molecule has 1 unspecified atom stereocenters. The van der Waals surface area contributed by atoms with Crippen molar-refractivity contribution in [2.75, 3.05) is 11.9 Å². The van der Waals surface area contributed by atoms with E-state index in [2.05, 4.69) is 10.6 Å². The predicted molar refractivity (Wildman–Crippen MR) is 81.4 cm³/mol. The summed E-state index contributed by atoms with van der Waals surface area (Å²) in [4.78, 5) is 12.1. The van der Waals surface area contributed by atoms with Gasteiger partial charge < -0.3 is 16.4 Å². The Labute approximate surface area is 123 Å². The Balaban J connectivity index is 2.10. The highest BCUT2D eigenvalue weighted by molar-refractivity contribution is 5.89. The molecule has 0 spiro atoms. The van der Waals surface area contributed by atoms with Crippen molar-refractivity contribution >= 4 is 11.7 Å². The highest BCUT2D eigenvalue weighted by atomic mass is 19.1. The van der Waals surface area contributed by atoms with Crippen LogP contribution in [0.25, 0.3) is 0 Å². The normalized spacial score (nSPS) is 13.3. The molecule has 4 nitrogen and oxygen atoms in total. The van der Waals surface area contributed by atoms with Crippen molar-refractivity contribution in [3.8, 4) is 0 Å². The first kappa shape index (κ1) is 15.0. The van der Waals surface area contributed by atoms with Gasteiger partial charge in [0.05, 0.1) is 5.54 Å². The Kier molecular flexibility index (Phi) is 4.55. The number of hydrogen-bond acceptors (Lipinski definition) is 2. The zero-order valence-corrected chi connectivity index (χ0v) is 11.8. The third kappa shape index (κ3) is 3.79. The summed E-state index contributed by atoms with van der Waals surface area (Å²) >= 11 is 0. The van der Waals surface area contributed by atoms with Gasteiger partial charge in [-0.2, -0.15) is 0 Å². The van der Waals surface area contributed by atoms with Crippen molar-refractivity contribution in [1.82, 2.24) is 5.32 Å². The van der Waals surface area contributed by atoms with Crippen LogP contribution in [0.4, 0.5) is 14.9 Å². The summed E-state index contributed by atoms with van der Waals surface area (Å²) in [6, 6.07) is 14.7. The second kappa shape index (κ2) is 6.37. The van der Waals surface area contributed by atoms with Crippen LogP contribution in [0.15, 0.2) is 54.6 Å². The summed E-state index contributed by atoms with van der Waals surface area (Å²) < 4.78 is 13.1. The van der Waals surface area contributed by atoms with Gasteiger partial charge in [-0.3, -0.25) is 0 Å². The third-order valence-corrected chi connectivity index (χ3v) is 3.29. The molecule has 0 aliphatic rings. The lowest BCUT2D eigenvalue weighted by molar-refractivity contribution is 0.240. The number of amides is 2. The number of halogens is 1. The van der Waals surface area contributed by atoms with Crippen molar-refractivity contribution in [3.63, 3.8) is 0 Å². The average Bonchev–Trinajstić information content (AvgIpc) is 2.48. The van der Waals surface area contributed by atoms with Crippen molar-refractivity contribution in [2.45, 2.75) is 12.5 Å². The Bertz CT molecular complexity index is 618. The van der Waals surface area contributed by atoms with Gasteiger partial charge in [-0.25, -0.2) is 9.18 Å². The van der Waals surface area contributed by atoms with Crippen molar-refractivity contribution in [1.29, 1.82) is 0 Å². The molecule has 21 heavy (non-hydrogen) atoms. The fourth-order valence-electron chi connectivity index (χ4n) is 2.03. The highest BCUT2D eigenvalue weighted by Crippen LogP contribution is 2.19. The molecule has 0 saturated heterocycles. The van der Waals surface area contributed by atoms with E-state index in [-0.39, 0.29) is 6.54 Å². The molecule has 110 valence electrons. The molecule has 0 saturated carbocycles. The highest BCUT2D eigenvalue weighted by Gasteiger charge is 2.26. The molecule has 0 heterocycles. The molecule has 2 amide bonds. The van der Waals surface area contributed by atoms with Gasteiger partial charge >= 0.3 is 6.03 Å². The average molecular weight is 287 g/mol. The van der Waals surface area contributed by atoms with E-state index in [0.717, 1.165) is 5.56 Å². The lowest BCUT2D eigenvalue weighted by atomic mass is 9.92. The van der Waals surface area contributed by atoms with E-state index in [1.165, 1.54) is 18.2 Å². The van der Waals surface area contributed by atoms with E-state index in [1.54, 1.807) is 6.07 Å². The van der Waals surface area contributed by atoms with Crippen molar-refractivity contribution in [2.24, 2.45) is 5.73 Å². The van der Waals surface area contributed by atoms with Crippen LogP contribution < -0.4 is 16.4 Å². The fraction of sp³-hybridized carbons (Fsp3) is 0.188. The maximum Gasteiger partial charge on any atom is 0.319 e. The van der Waals surface area contributed by atoms with Crippen LogP contribution in [0.3, 0.4) is 0 Å². The van der Waals surface area contributed by atoms with Gasteiger partial charge in [0.25, 0.3) is 0 Å². The molecule has 0 aliphatic carbocycles. The summed E-state index contributed by atoms with van der Waals surface area (Å²) in [6.45, 7) is 2.08. The zero-order chi connectivity index (χ0) is 15.3. The molecule has 2 aromatic rings.